The minimum absolute atomic E-state index is 0.0750. The second kappa shape index (κ2) is 10.6. The van der Waals surface area contributed by atoms with Crippen molar-refractivity contribution in [3.05, 3.63) is 12.2 Å². The van der Waals surface area contributed by atoms with Crippen molar-refractivity contribution in [2.75, 3.05) is 6.61 Å². The molecule has 6 heteroatoms. The van der Waals surface area contributed by atoms with E-state index in [0.29, 0.717) is 18.3 Å². The van der Waals surface area contributed by atoms with Gasteiger partial charge in [-0.05, 0) is 91.4 Å². The standard InChI is InChI=1S/C30H48O6/c1-18-23(16-24(34)22(19(2)31)11-15-35-20(3)32)29(7)14-10-26-28(5,6)12-9-13-30(26,8)27(29)17-25(18)36-21(4)33/h22-27,34H,1,9-17H2,2-8H3/t22-,23-,24+,25+,26+,27+,29+,30+/m1/s1. The number of fused-ring (bicyclic) bond motifs is 3. The molecule has 0 saturated heterocycles. The molecule has 0 spiro atoms. The number of aliphatic hydroxyl groups excluding tert-OH is 1. The molecule has 0 radical (unpaired) electrons. The molecule has 0 bridgehead atoms. The van der Waals surface area contributed by atoms with Crippen LogP contribution in [0.4, 0.5) is 0 Å². The Bertz CT molecular complexity index is 877. The first-order valence-corrected chi connectivity index (χ1v) is 13.8. The predicted octanol–water partition coefficient (Wildman–Crippen LogP) is 5.65. The van der Waals surface area contributed by atoms with E-state index < -0.39 is 18.0 Å². The van der Waals surface area contributed by atoms with Gasteiger partial charge in [-0.15, -0.1) is 0 Å². The molecule has 6 nitrogen and oxygen atoms in total. The summed E-state index contributed by atoms with van der Waals surface area (Å²) in [6.45, 7) is 18.4. The molecule has 0 heterocycles. The molecule has 0 aromatic carbocycles. The SMILES string of the molecule is C=C1[C@@H](OC(C)=O)C[C@H]2[C@@](C)(CC[C@H]3C(C)(C)CCC[C@]23C)[C@@H]1C[C@H](O)[C@H](CCOC(C)=O)C(C)=O. The van der Waals surface area contributed by atoms with Crippen LogP contribution in [0.1, 0.15) is 99.8 Å². The lowest BCUT2D eigenvalue weighted by Gasteiger charge is -2.66. The van der Waals surface area contributed by atoms with Crippen LogP contribution in [0.3, 0.4) is 0 Å². The molecule has 3 aliphatic rings. The molecule has 3 saturated carbocycles. The molecular weight excluding hydrogens is 456 g/mol. The maximum absolute atomic E-state index is 12.5. The quantitative estimate of drug-likeness (QED) is 0.339. The molecule has 36 heavy (non-hydrogen) atoms. The third-order valence-corrected chi connectivity index (χ3v) is 10.5. The maximum Gasteiger partial charge on any atom is 0.303 e. The van der Waals surface area contributed by atoms with Crippen LogP contribution in [0.25, 0.3) is 0 Å². The van der Waals surface area contributed by atoms with Crippen LogP contribution < -0.4 is 0 Å². The van der Waals surface area contributed by atoms with Crippen molar-refractivity contribution in [1.29, 1.82) is 0 Å². The van der Waals surface area contributed by atoms with Crippen LogP contribution in [-0.4, -0.2) is 41.6 Å². The molecule has 0 amide bonds. The van der Waals surface area contributed by atoms with E-state index in [2.05, 4.69) is 34.3 Å². The van der Waals surface area contributed by atoms with Crippen LogP contribution in [0.5, 0.6) is 0 Å². The summed E-state index contributed by atoms with van der Waals surface area (Å²) in [7, 11) is 0. The third-order valence-electron chi connectivity index (χ3n) is 10.5. The van der Waals surface area contributed by atoms with E-state index in [1.165, 1.54) is 33.6 Å². The molecule has 3 rings (SSSR count). The number of carbonyl (C=O) groups is 3. The number of rotatable bonds is 8. The Balaban J connectivity index is 1.94. The van der Waals surface area contributed by atoms with Crippen molar-refractivity contribution < 1.29 is 29.0 Å². The number of Topliss-reactive ketones (excluding diaryl/α,β-unsaturated/α-hetero) is 1. The Kier molecular flexibility index (Phi) is 8.49. The normalized spacial score (nSPS) is 37.2. The average molecular weight is 505 g/mol. The van der Waals surface area contributed by atoms with Gasteiger partial charge in [0.15, 0.2) is 0 Å². The number of hydrogen-bond donors (Lipinski definition) is 1. The minimum atomic E-state index is -0.887. The molecular formula is C30H48O6. The fourth-order valence-electron chi connectivity index (χ4n) is 8.80. The number of ketones is 1. The predicted molar refractivity (Wildman–Crippen MR) is 139 cm³/mol. The van der Waals surface area contributed by atoms with Gasteiger partial charge >= 0.3 is 11.9 Å². The Morgan fingerprint density at radius 1 is 1.00 bits per heavy atom. The van der Waals surface area contributed by atoms with Crippen LogP contribution in [-0.2, 0) is 23.9 Å². The minimum Gasteiger partial charge on any atom is -0.466 e. The molecule has 8 atom stereocenters. The summed E-state index contributed by atoms with van der Waals surface area (Å²) in [6.07, 6.45) is 5.94. The molecule has 0 aromatic rings. The summed E-state index contributed by atoms with van der Waals surface area (Å²) >= 11 is 0. The van der Waals surface area contributed by atoms with E-state index in [-0.39, 0.29) is 53.0 Å². The zero-order chi connectivity index (χ0) is 27.1. The summed E-state index contributed by atoms with van der Waals surface area (Å²) in [5.74, 6) is -0.588. The molecule has 0 aliphatic heterocycles. The van der Waals surface area contributed by atoms with Gasteiger partial charge in [-0.2, -0.15) is 0 Å². The molecule has 0 unspecified atom stereocenters. The lowest BCUT2D eigenvalue weighted by molar-refractivity contribution is -0.180. The summed E-state index contributed by atoms with van der Waals surface area (Å²) in [5, 5.41) is 11.4. The first kappa shape index (κ1) is 28.9. The lowest BCUT2D eigenvalue weighted by Crippen LogP contribution is -2.60. The molecule has 3 fully saturated rings. The summed E-state index contributed by atoms with van der Waals surface area (Å²) in [4.78, 5) is 35.8. The van der Waals surface area contributed by atoms with Crippen molar-refractivity contribution in [2.45, 2.75) is 112 Å². The van der Waals surface area contributed by atoms with Crippen molar-refractivity contribution in [3.63, 3.8) is 0 Å². The topological polar surface area (TPSA) is 89.9 Å². The number of hydrogen-bond acceptors (Lipinski definition) is 6. The Hall–Kier alpha value is -1.69. The average Bonchev–Trinajstić information content (AvgIpc) is 2.74. The first-order valence-electron chi connectivity index (χ1n) is 13.8. The fourth-order valence-corrected chi connectivity index (χ4v) is 8.80. The van der Waals surface area contributed by atoms with E-state index in [1.54, 1.807) is 0 Å². The van der Waals surface area contributed by atoms with Gasteiger partial charge in [0.05, 0.1) is 12.7 Å². The fraction of sp³-hybridized carbons (Fsp3) is 0.833. The largest absolute Gasteiger partial charge is 0.466 e. The van der Waals surface area contributed by atoms with E-state index >= 15 is 0 Å². The van der Waals surface area contributed by atoms with E-state index in [4.69, 9.17) is 9.47 Å². The Morgan fingerprint density at radius 3 is 2.25 bits per heavy atom. The smallest absolute Gasteiger partial charge is 0.303 e. The van der Waals surface area contributed by atoms with E-state index in [9.17, 15) is 19.5 Å². The molecule has 3 aliphatic carbocycles. The van der Waals surface area contributed by atoms with Gasteiger partial charge in [0.1, 0.15) is 11.9 Å². The maximum atomic E-state index is 12.5. The van der Waals surface area contributed by atoms with E-state index in [0.717, 1.165) is 31.3 Å². The van der Waals surface area contributed by atoms with Crippen molar-refractivity contribution in [3.8, 4) is 0 Å². The number of ether oxygens (including phenoxy) is 2. The van der Waals surface area contributed by atoms with Crippen LogP contribution >= 0.6 is 0 Å². The zero-order valence-corrected chi connectivity index (χ0v) is 23.5. The highest BCUT2D eigenvalue weighted by Gasteiger charge is 2.63. The van der Waals surface area contributed by atoms with E-state index in [1.807, 2.05) is 0 Å². The number of aliphatic hydroxyl groups is 1. The van der Waals surface area contributed by atoms with Gasteiger partial charge in [0.2, 0.25) is 0 Å². The van der Waals surface area contributed by atoms with Gasteiger partial charge in [-0.1, -0.05) is 40.7 Å². The highest BCUT2D eigenvalue weighted by molar-refractivity contribution is 5.79. The summed E-state index contributed by atoms with van der Waals surface area (Å²) < 4.78 is 10.9. The lowest BCUT2D eigenvalue weighted by atomic mass is 9.38. The molecule has 0 aromatic heterocycles. The van der Waals surface area contributed by atoms with Crippen molar-refractivity contribution in [1.82, 2.24) is 0 Å². The van der Waals surface area contributed by atoms with Crippen LogP contribution in [0, 0.1) is 39.9 Å². The molecule has 204 valence electrons. The highest BCUT2D eigenvalue weighted by atomic mass is 16.5. The summed E-state index contributed by atoms with van der Waals surface area (Å²) in [5.41, 5.74) is 1.14. The first-order chi connectivity index (χ1) is 16.6. The van der Waals surface area contributed by atoms with Gasteiger partial charge in [-0.3, -0.25) is 14.4 Å². The van der Waals surface area contributed by atoms with Crippen LogP contribution in [0.2, 0.25) is 0 Å². The van der Waals surface area contributed by atoms with Gasteiger partial charge in [-0.25, -0.2) is 0 Å². The van der Waals surface area contributed by atoms with Gasteiger partial charge < -0.3 is 14.6 Å². The monoisotopic (exact) mass is 504 g/mol. The second-order valence-electron chi connectivity index (χ2n) is 13.1. The Morgan fingerprint density at radius 2 is 1.67 bits per heavy atom. The number of carbonyl (C=O) groups excluding carboxylic acids is 3. The van der Waals surface area contributed by atoms with Crippen LogP contribution in [0.15, 0.2) is 12.2 Å². The molecule has 1 N–H and O–H groups in total. The highest BCUT2D eigenvalue weighted by Crippen LogP contribution is 2.69. The number of esters is 2. The van der Waals surface area contributed by atoms with Crippen molar-refractivity contribution in [2.24, 2.45) is 39.9 Å². The zero-order valence-electron chi connectivity index (χ0n) is 23.5. The van der Waals surface area contributed by atoms with Gasteiger partial charge in [0, 0.05) is 19.8 Å². The van der Waals surface area contributed by atoms with Gasteiger partial charge in [0.25, 0.3) is 0 Å². The third kappa shape index (κ3) is 5.44. The second-order valence-corrected chi connectivity index (χ2v) is 13.1. The summed E-state index contributed by atoms with van der Waals surface area (Å²) in [6, 6.07) is 0. The Labute approximate surface area is 217 Å². The van der Waals surface area contributed by atoms with Crippen molar-refractivity contribution >= 4 is 17.7 Å².